The third kappa shape index (κ3) is 5.37. The van der Waals surface area contributed by atoms with Crippen LogP contribution in [0.1, 0.15) is 34.1 Å². The van der Waals surface area contributed by atoms with Crippen molar-refractivity contribution in [2.45, 2.75) is 52.4 Å². The molecule has 0 aromatic carbocycles. The van der Waals surface area contributed by atoms with Gasteiger partial charge in [0.1, 0.15) is 0 Å². The molecule has 0 aliphatic carbocycles. The minimum Gasteiger partial charge on any atom is -0.374 e. The molecule has 0 aliphatic rings. The smallest absolute Gasteiger partial charge is 0.374 e. The molecule has 0 bridgehead atoms. The maximum Gasteiger partial charge on any atom is 0.505 e. The summed E-state index contributed by atoms with van der Waals surface area (Å²) in [5.74, 6) is 0. The van der Waals surface area contributed by atoms with Crippen molar-refractivity contribution in [3.05, 3.63) is 0 Å². The number of hydrogen-bond acceptors (Lipinski definition) is 3. The fourth-order valence-electron chi connectivity index (χ4n) is 1.33. The molecule has 3 nitrogen and oxygen atoms in total. The van der Waals surface area contributed by atoms with Crippen LogP contribution in [0.15, 0.2) is 0 Å². The predicted octanol–water partition coefficient (Wildman–Crippen LogP) is 3.38. The second kappa shape index (κ2) is 7.35. The van der Waals surface area contributed by atoms with Crippen molar-refractivity contribution in [2.24, 2.45) is 0 Å². The highest BCUT2D eigenvalue weighted by molar-refractivity contribution is 6.60. The van der Waals surface area contributed by atoms with Gasteiger partial charge < -0.3 is 13.3 Å². The molecule has 0 spiro atoms. The second-order valence-corrected chi connectivity index (χ2v) is 6.23. The van der Waals surface area contributed by atoms with E-state index in [1.54, 1.807) is 20.8 Å². The summed E-state index contributed by atoms with van der Waals surface area (Å²) in [7, 11) is -3.48. The third-order valence-corrected chi connectivity index (χ3v) is 5.19. The Hall–Kier alpha value is -0.113. The van der Waals surface area contributed by atoms with Crippen molar-refractivity contribution >= 4 is 8.80 Å². The maximum atomic E-state index is 13.3. The zero-order valence-electron chi connectivity index (χ0n) is 10.8. The highest BCUT2D eigenvalue weighted by Crippen LogP contribution is 2.31. The molecule has 17 heavy (non-hydrogen) atoms. The molecule has 0 aromatic rings. The van der Waals surface area contributed by atoms with Gasteiger partial charge in [-0.15, -0.1) is 0 Å². The van der Waals surface area contributed by atoms with Crippen LogP contribution in [-0.4, -0.2) is 34.3 Å². The Kier molecular flexibility index (Phi) is 7.30. The first-order chi connectivity index (χ1) is 7.83. The summed E-state index contributed by atoms with van der Waals surface area (Å²) in [6, 6.07) is 0.247. The second-order valence-electron chi connectivity index (χ2n) is 3.58. The minimum absolute atomic E-state index is 0.197. The van der Waals surface area contributed by atoms with E-state index >= 15 is 0 Å². The fourth-order valence-corrected chi connectivity index (χ4v) is 3.99. The zero-order chi connectivity index (χ0) is 13.5. The average Bonchev–Trinajstić information content (AvgIpc) is 2.17. The Bertz CT molecular complexity index is 198. The topological polar surface area (TPSA) is 27.7 Å². The van der Waals surface area contributed by atoms with Gasteiger partial charge in [0.2, 0.25) is 0 Å². The fraction of sp³-hybridized carbons (Fsp3) is 1.00. The molecule has 0 saturated heterocycles. The quantitative estimate of drug-likeness (QED) is 0.603. The first kappa shape index (κ1) is 16.9. The van der Waals surface area contributed by atoms with Crippen LogP contribution in [-0.2, 0) is 13.3 Å². The maximum absolute atomic E-state index is 13.3. The predicted molar refractivity (Wildman–Crippen MR) is 60.7 cm³/mol. The molecule has 0 aromatic heterocycles. The molecule has 0 heterocycles. The van der Waals surface area contributed by atoms with Gasteiger partial charge in [-0.05, 0) is 20.8 Å². The van der Waals surface area contributed by atoms with Gasteiger partial charge in [0.25, 0.3) is 0 Å². The van der Waals surface area contributed by atoms with E-state index in [0.29, 0.717) is 6.42 Å². The first-order valence-corrected chi connectivity index (χ1v) is 7.76. The molecule has 0 fully saturated rings. The summed E-state index contributed by atoms with van der Waals surface area (Å²) in [6.45, 7) is 6.28. The van der Waals surface area contributed by atoms with Crippen LogP contribution in [0.2, 0.25) is 6.04 Å². The minimum atomic E-state index is -3.87. The lowest BCUT2D eigenvalue weighted by molar-refractivity contribution is -0.242. The van der Waals surface area contributed by atoms with Gasteiger partial charge in [-0.3, -0.25) is 0 Å². The monoisotopic (exact) mass is 274 g/mol. The first-order valence-electron chi connectivity index (χ1n) is 5.83. The summed E-state index contributed by atoms with van der Waals surface area (Å²) in [4.78, 5) is 0. The van der Waals surface area contributed by atoms with Crippen LogP contribution >= 0.6 is 0 Å². The van der Waals surface area contributed by atoms with Crippen LogP contribution < -0.4 is 0 Å². The lowest BCUT2D eigenvalue weighted by Gasteiger charge is -2.32. The van der Waals surface area contributed by atoms with Gasteiger partial charge in [0.05, 0.1) is 0 Å². The Morgan fingerprint density at radius 3 is 1.88 bits per heavy atom. The molecular formula is C10H21F3O3Si. The van der Waals surface area contributed by atoms with Gasteiger partial charge in [0, 0.05) is 19.3 Å². The molecule has 1 atom stereocenters. The molecule has 0 amide bonds. The largest absolute Gasteiger partial charge is 0.505 e. The third-order valence-electron chi connectivity index (χ3n) is 2.04. The molecule has 7 heteroatoms. The van der Waals surface area contributed by atoms with E-state index in [1.807, 2.05) is 0 Å². The van der Waals surface area contributed by atoms with Crippen molar-refractivity contribution in [3.8, 4) is 0 Å². The normalized spacial score (nSPS) is 15.0. The molecule has 0 saturated carbocycles. The molecule has 104 valence electrons. The lowest BCUT2D eigenvalue weighted by atomic mass is 10.4. The van der Waals surface area contributed by atoms with E-state index < -0.39 is 21.1 Å². The Balaban J connectivity index is 4.87. The Labute approximate surface area is 102 Å². The molecule has 0 aliphatic heterocycles. The zero-order valence-corrected chi connectivity index (χ0v) is 11.8. The van der Waals surface area contributed by atoms with Gasteiger partial charge >= 0.3 is 14.9 Å². The SMILES string of the molecule is CCC[Si](OCC)(OCC)OC(F)(F)C(C)F. The van der Waals surface area contributed by atoms with Crippen molar-refractivity contribution in [1.29, 1.82) is 0 Å². The summed E-state index contributed by atoms with van der Waals surface area (Å²) in [5.41, 5.74) is 0. The van der Waals surface area contributed by atoms with Crippen LogP contribution in [0.3, 0.4) is 0 Å². The van der Waals surface area contributed by atoms with Gasteiger partial charge in [0.15, 0.2) is 6.17 Å². The standard InChI is InChI=1S/C10H21F3O3Si/c1-5-8-17(14-6-2,15-7-3)16-10(12,13)9(4)11/h9H,5-8H2,1-4H3. The number of rotatable bonds is 9. The molecular weight excluding hydrogens is 253 g/mol. The van der Waals surface area contributed by atoms with Crippen molar-refractivity contribution < 1.29 is 26.4 Å². The van der Waals surface area contributed by atoms with Crippen LogP contribution in [0.25, 0.3) is 0 Å². The van der Waals surface area contributed by atoms with Gasteiger partial charge in [-0.1, -0.05) is 13.3 Å². The molecule has 0 rings (SSSR count). The Morgan fingerprint density at radius 1 is 1.12 bits per heavy atom. The number of hydrogen-bond donors (Lipinski definition) is 0. The number of alkyl halides is 3. The highest BCUT2D eigenvalue weighted by Gasteiger charge is 2.52. The van der Waals surface area contributed by atoms with Gasteiger partial charge in [-0.2, -0.15) is 8.78 Å². The molecule has 0 N–H and O–H groups in total. The lowest BCUT2D eigenvalue weighted by Crippen LogP contribution is -2.52. The van der Waals surface area contributed by atoms with Crippen LogP contribution in [0, 0.1) is 0 Å². The van der Waals surface area contributed by atoms with E-state index in [4.69, 9.17) is 8.85 Å². The summed E-state index contributed by atoms with van der Waals surface area (Å²) in [5, 5.41) is 0. The molecule has 0 radical (unpaired) electrons. The highest BCUT2D eigenvalue weighted by atomic mass is 28.4. The van der Waals surface area contributed by atoms with E-state index in [1.165, 1.54) is 0 Å². The van der Waals surface area contributed by atoms with E-state index in [0.717, 1.165) is 6.92 Å². The van der Waals surface area contributed by atoms with E-state index in [2.05, 4.69) is 4.43 Å². The van der Waals surface area contributed by atoms with Crippen molar-refractivity contribution in [2.75, 3.05) is 13.2 Å². The average molecular weight is 274 g/mol. The number of halogens is 3. The molecule has 1 unspecified atom stereocenters. The van der Waals surface area contributed by atoms with E-state index in [9.17, 15) is 13.2 Å². The summed E-state index contributed by atoms with van der Waals surface area (Å²) in [6.07, 6.45) is -5.69. The summed E-state index contributed by atoms with van der Waals surface area (Å²) < 4.78 is 54.4. The van der Waals surface area contributed by atoms with Crippen LogP contribution in [0.4, 0.5) is 13.2 Å². The van der Waals surface area contributed by atoms with Crippen molar-refractivity contribution in [3.63, 3.8) is 0 Å². The Morgan fingerprint density at radius 2 is 1.59 bits per heavy atom. The van der Waals surface area contributed by atoms with Gasteiger partial charge in [-0.25, -0.2) is 4.39 Å². The van der Waals surface area contributed by atoms with Crippen molar-refractivity contribution in [1.82, 2.24) is 0 Å². The van der Waals surface area contributed by atoms with E-state index in [-0.39, 0.29) is 19.3 Å². The summed E-state index contributed by atoms with van der Waals surface area (Å²) >= 11 is 0. The van der Waals surface area contributed by atoms with Crippen LogP contribution in [0.5, 0.6) is 0 Å².